The molecular formula is C14H19ClN2OS. The van der Waals surface area contributed by atoms with E-state index in [1.165, 1.54) is 0 Å². The maximum atomic E-state index is 5.98. The first-order chi connectivity index (χ1) is 8.86. The van der Waals surface area contributed by atoms with Crippen LogP contribution in [0, 0.1) is 5.41 Å². The summed E-state index contributed by atoms with van der Waals surface area (Å²) in [5.41, 5.74) is 7.56. The Hall–Kier alpha value is -0.840. The van der Waals surface area contributed by atoms with Crippen molar-refractivity contribution < 1.29 is 4.74 Å². The molecule has 104 valence electrons. The van der Waals surface area contributed by atoms with Crippen molar-refractivity contribution in [1.82, 2.24) is 0 Å². The van der Waals surface area contributed by atoms with Gasteiger partial charge < -0.3 is 15.8 Å². The molecule has 0 bridgehead atoms. The van der Waals surface area contributed by atoms with Gasteiger partial charge in [0.25, 0.3) is 0 Å². The van der Waals surface area contributed by atoms with Crippen LogP contribution in [0.15, 0.2) is 18.2 Å². The van der Waals surface area contributed by atoms with Crippen LogP contribution in [0.4, 0.5) is 5.69 Å². The van der Waals surface area contributed by atoms with Gasteiger partial charge in [0.15, 0.2) is 0 Å². The van der Waals surface area contributed by atoms with Crippen molar-refractivity contribution in [3.8, 4) is 0 Å². The van der Waals surface area contributed by atoms with Crippen molar-refractivity contribution in [3.05, 3.63) is 28.8 Å². The standard InChI is InChI=1S/C14H19ClN2OS/c1-14(2)11(7-12(14)18-3)17-10-5-4-8(15)6-9(10)13(16)19/h4-6,11-12,17H,7H2,1-3H3,(H2,16,19). The van der Waals surface area contributed by atoms with Crippen LogP contribution < -0.4 is 11.1 Å². The second kappa shape index (κ2) is 5.27. The minimum atomic E-state index is 0.0852. The first-order valence-electron chi connectivity index (χ1n) is 6.25. The maximum Gasteiger partial charge on any atom is 0.106 e. The quantitative estimate of drug-likeness (QED) is 0.838. The molecule has 0 saturated heterocycles. The largest absolute Gasteiger partial charge is 0.389 e. The van der Waals surface area contributed by atoms with Crippen LogP contribution >= 0.6 is 23.8 Å². The zero-order valence-corrected chi connectivity index (χ0v) is 12.9. The van der Waals surface area contributed by atoms with Crippen molar-refractivity contribution >= 4 is 34.5 Å². The number of methoxy groups -OCH3 is 1. The molecule has 3 N–H and O–H groups in total. The SMILES string of the molecule is COC1CC(Nc2ccc(Cl)cc2C(N)=S)C1(C)C. The van der Waals surface area contributed by atoms with Gasteiger partial charge in [0.2, 0.25) is 0 Å². The molecule has 2 rings (SSSR count). The lowest BCUT2D eigenvalue weighted by atomic mass is 9.64. The Balaban J connectivity index is 2.19. The summed E-state index contributed by atoms with van der Waals surface area (Å²) >= 11 is 11.1. The number of halogens is 1. The first-order valence-corrected chi connectivity index (χ1v) is 7.03. The van der Waals surface area contributed by atoms with E-state index in [9.17, 15) is 0 Å². The van der Waals surface area contributed by atoms with Gasteiger partial charge in [-0.25, -0.2) is 0 Å². The third-order valence-corrected chi connectivity index (χ3v) is 4.49. The van der Waals surface area contributed by atoms with Gasteiger partial charge >= 0.3 is 0 Å². The number of hydrogen-bond donors (Lipinski definition) is 2. The highest BCUT2D eigenvalue weighted by Crippen LogP contribution is 2.44. The lowest BCUT2D eigenvalue weighted by molar-refractivity contribution is -0.0794. The molecule has 1 aliphatic rings. The van der Waals surface area contributed by atoms with E-state index >= 15 is 0 Å². The van der Waals surface area contributed by atoms with Gasteiger partial charge in [-0.3, -0.25) is 0 Å². The van der Waals surface area contributed by atoms with Crippen LogP contribution in [-0.2, 0) is 4.74 Å². The summed E-state index contributed by atoms with van der Waals surface area (Å²) in [4.78, 5) is 0.352. The molecule has 0 radical (unpaired) electrons. The van der Waals surface area contributed by atoms with Crippen molar-refractivity contribution in [2.45, 2.75) is 32.4 Å². The zero-order valence-electron chi connectivity index (χ0n) is 11.4. The summed E-state index contributed by atoms with van der Waals surface area (Å²) in [6.07, 6.45) is 1.26. The smallest absolute Gasteiger partial charge is 0.106 e. The monoisotopic (exact) mass is 298 g/mol. The lowest BCUT2D eigenvalue weighted by Gasteiger charge is -2.51. The van der Waals surface area contributed by atoms with Gasteiger partial charge in [-0.1, -0.05) is 37.7 Å². The molecule has 0 aliphatic heterocycles. The number of ether oxygens (including phenoxy) is 1. The third-order valence-electron chi connectivity index (χ3n) is 4.04. The maximum absolute atomic E-state index is 5.98. The molecule has 19 heavy (non-hydrogen) atoms. The molecule has 1 saturated carbocycles. The molecule has 3 nitrogen and oxygen atoms in total. The molecule has 0 aromatic heterocycles. The number of thiocarbonyl (C=S) groups is 1. The van der Waals surface area contributed by atoms with E-state index in [4.69, 9.17) is 34.3 Å². The fourth-order valence-electron chi connectivity index (χ4n) is 2.56. The van der Waals surface area contributed by atoms with Gasteiger partial charge in [-0.15, -0.1) is 0 Å². The van der Waals surface area contributed by atoms with E-state index < -0.39 is 0 Å². The predicted molar refractivity (Wildman–Crippen MR) is 83.9 cm³/mol. The van der Waals surface area contributed by atoms with Crippen LogP contribution in [-0.4, -0.2) is 24.2 Å². The predicted octanol–water partition coefficient (Wildman–Crippen LogP) is 3.20. The molecule has 0 heterocycles. The van der Waals surface area contributed by atoms with Crippen LogP contribution in [0.3, 0.4) is 0 Å². The highest BCUT2D eigenvalue weighted by molar-refractivity contribution is 7.80. The molecule has 2 unspecified atom stereocenters. The first kappa shape index (κ1) is 14.6. The van der Waals surface area contributed by atoms with Gasteiger partial charge in [0, 0.05) is 34.8 Å². The Morgan fingerprint density at radius 1 is 1.53 bits per heavy atom. The normalized spacial score (nSPS) is 24.6. The minimum absolute atomic E-state index is 0.0852. The summed E-state index contributed by atoms with van der Waals surface area (Å²) in [6.45, 7) is 4.39. The van der Waals surface area contributed by atoms with Gasteiger partial charge in [-0.05, 0) is 24.6 Å². The highest BCUT2D eigenvalue weighted by Gasteiger charge is 2.48. The van der Waals surface area contributed by atoms with E-state index in [0.717, 1.165) is 17.7 Å². The number of rotatable bonds is 4. The minimum Gasteiger partial charge on any atom is -0.389 e. The summed E-state index contributed by atoms with van der Waals surface area (Å²) in [7, 11) is 1.76. The molecule has 1 aromatic rings. The molecule has 2 atom stereocenters. The average molecular weight is 299 g/mol. The highest BCUT2D eigenvalue weighted by atomic mass is 35.5. The summed E-state index contributed by atoms with van der Waals surface area (Å²) in [5.74, 6) is 0. The second-order valence-electron chi connectivity index (χ2n) is 5.53. The topological polar surface area (TPSA) is 47.3 Å². The van der Waals surface area contributed by atoms with E-state index in [-0.39, 0.29) is 11.5 Å². The number of nitrogens with one attached hydrogen (secondary N) is 1. The Kier molecular flexibility index (Phi) is 4.04. The van der Waals surface area contributed by atoms with Crippen molar-refractivity contribution in [1.29, 1.82) is 0 Å². The lowest BCUT2D eigenvalue weighted by Crippen LogP contribution is -2.57. The van der Waals surface area contributed by atoms with Gasteiger partial charge in [0.05, 0.1) is 6.10 Å². The summed E-state index contributed by atoms with van der Waals surface area (Å²) in [6, 6.07) is 5.90. The second-order valence-corrected chi connectivity index (χ2v) is 6.41. The number of anilines is 1. The Labute approximate surface area is 124 Å². The summed E-state index contributed by atoms with van der Waals surface area (Å²) < 4.78 is 5.45. The van der Waals surface area contributed by atoms with Crippen molar-refractivity contribution in [2.24, 2.45) is 11.1 Å². The van der Waals surface area contributed by atoms with Gasteiger partial charge in [0.1, 0.15) is 4.99 Å². The zero-order chi connectivity index (χ0) is 14.2. The molecule has 1 aromatic carbocycles. The summed E-state index contributed by atoms with van der Waals surface area (Å²) in [5, 5.41) is 4.14. The fraction of sp³-hybridized carbons (Fsp3) is 0.500. The average Bonchev–Trinajstić information content (AvgIpc) is 2.35. The fourth-order valence-corrected chi connectivity index (χ4v) is 2.91. The number of hydrogen-bond acceptors (Lipinski definition) is 3. The van der Waals surface area contributed by atoms with E-state index in [1.807, 2.05) is 12.1 Å². The van der Waals surface area contributed by atoms with Crippen LogP contribution in [0.5, 0.6) is 0 Å². The van der Waals surface area contributed by atoms with Gasteiger partial charge in [-0.2, -0.15) is 0 Å². The van der Waals surface area contributed by atoms with Crippen LogP contribution in [0.1, 0.15) is 25.8 Å². The number of benzene rings is 1. The molecule has 5 heteroatoms. The molecule has 1 fully saturated rings. The van der Waals surface area contributed by atoms with Crippen molar-refractivity contribution in [2.75, 3.05) is 12.4 Å². The van der Waals surface area contributed by atoms with Crippen molar-refractivity contribution in [3.63, 3.8) is 0 Å². The van der Waals surface area contributed by atoms with Crippen LogP contribution in [0.25, 0.3) is 0 Å². The molecule has 0 spiro atoms. The van der Waals surface area contributed by atoms with E-state index in [2.05, 4.69) is 19.2 Å². The van der Waals surface area contributed by atoms with Crippen LogP contribution in [0.2, 0.25) is 5.02 Å². The Morgan fingerprint density at radius 3 is 2.74 bits per heavy atom. The molecule has 0 amide bonds. The molecular weight excluding hydrogens is 280 g/mol. The Bertz CT molecular complexity index is 504. The third kappa shape index (κ3) is 2.71. The molecule has 1 aliphatic carbocycles. The van der Waals surface area contributed by atoms with E-state index in [0.29, 0.717) is 16.1 Å². The van der Waals surface area contributed by atoms with E-state index in [1.54, 1.807) is 13.2 Å². The Morgan fingerprint density at radius 2 is 2.21 bits per heavy atom. The number of nitrogens with two attached hydrogens (primary N) is 1.